The molecule has 0 saturated carbocycles. The van der Waals surface area contributed by atoms with Crippen molar-refractivity contribution in [2.75, 3.05) is 0 Å². The van der Waals surface area contributed by atoms with Crippen molar-refractivity contribution in [3.63, 3.8) is 0 Å². The van der Waals surface area contributed by atoms with E-state index in [0.717, 1.165) is 15.9 Å². The second-order valence-electron chi connectivity index (χ2n) is 3.82. The Morgan fingerprint density at radius 1 is 1.00 bits per heavy atom. The molecule has 0 atom stereocenters. The van der Waals surface area contributed by atoms with Crippen LogP contribution >= 0.6 is 27.3 Å². The van der Waals surface area contributed by atoms with Crippen LogP contribution in [0.3, 0.4) is 0 Å². The van der Waals surface area contributed by atoms with Crippen LogP contribution in [0, 0.1) is 0 Å². The fourth-order valence-corrected chi connectivity index (χ4v) is 3.08. The van der Waals surface area contributed by atoms with Crippen molar-refractivity contribution in [1.82, 2.24) is 4.98 Å². The molecule has 0 bridgehead atoms. The van der Waals surface area contributed by atoms with E-state index in [1.165, 1.54) is 15.8 Å². The molecule has 1 nitrogen and oxygen atoms in total. The van der Waals surface area contributed by atoms with Gasteiger partial charge in [0, 0.05) is 10.9 Å². The molecule has 0 fully saturated rings. The van der Waals surface area contributed by atoms with Gasteiger partial charge in [0.15, 0.2) is 0 Å². The maximum atomic E-state index is 4.65. The lowest BCUT2D eigenvalue weighted by Gasteiger charge is -1.97. The predicted molar refractivity (Wildman–Crippen MR) is 77.7 cm³/mol. The monoisotopic (exact) mass is 303 g/mol. The number of para-hydroxylation sites is 1. The second-order valence-corrected chi connectivity index (χ2v) is 5.41. The SMILES string of the molecule is BrCc1ccc(-c2nc3ccccc3s2)cc1. The van der Waals surface area contributed by atoms with E-state index in [2.05, 4.69) is 63.4 Å². The van der Waals surface area contributed by atoms with Crippen LogP contribution in [0.4, 0.5) is 0 Å². The van der Waals surface area contributed by atoms with Crippen molar-refractivity contribution in [3.8, 4) is 10.6 Å². The zero-order valence-corrected chi connectivity index (χ0v) is 11.5. The molecule has 3 rings (SSSR count). The maximum Gasteiger partial charge on any atom is 0.124 e. The van der Waals surface area contributed by atoms with Crippen LogP contribution in [-0.2, 0) is 5.33 Å². The maximum absolute atomic E-state index is 4.65. The van der Waals surface area contributed by atoms with Gasteiger partial charge in [-0.25, -0.2) is 4.98 Å². The first-order valence-electron chi connectivity index (χ1n) is 5.37. The Bertz CT molecular complexity index is 610. The van der Waals surface area contributed by atoms with Crippen molar-refractivity contribution in [3.05, 3.63) is 54.1 Å². The van der Waals surface area contributed by atoms with Gasteiger partial charge in [0.2, 0.25) is 0 Å². The van der Waals surface area contributed by atoms with Crippen molar-refractivity contribution in [1.29, 1.82) is 0 Å². The van der Waals surface area contributed by atoms with E-state index in [-0.39, 0.29) is 0 Å². The highest BCUT2D eigenvalue weighted by Crippen LogP contribution is 2.30. The van der Waals surface area contributed by atoms with Crippen molar-refractivity contribution >= 4 is 37.5 Å². The summed E-state index contributed by atoms with van der Waals surface area (Å²) in [6, 6.07) is 16.8. The van der Waals surface area contributed by atoms with Crippen LogP contribution in [0.2, 0.25) is 0 Å². The zero-order chi connectivity index (χ0) is 11.7. The Balaban J connectivity index is 2.07. The fraction of sp³-hybridized carbons (Fsp3) is 0.0714. The van der Waals surface area contributed by atoms with E-state index >= 15 is 0 Å². The molecule has 17 heavy (non-hydrogen) atoms. The minimum atomic E-state index is 0.896. The van der Waals surface area contributed by atoms with Gasteiger partial charge in [-0.3, -0.25) is 0 Å². The largest absolute Gasteiger partial charge is 0.236 e. The van der Waals surface area contributed by atoms with Crippen LogP contribution in [0.25, 0.3) is 20.8 Å². The number of hydrogen-bond acceptors (Lipinski definition) is 2. The standard InChI is InChI=1S/C14H10BrNS/c15-9-10-5-7-11(8-6-10)14-16-12-3-1-2-4-13(12)17-14/h1-8H,9H2. The van der Waals surface area contributed by atoms with Gasteiger partial charge in [-0.05, 0) is 17.7 Å². The first-order chi connectivity index (χ1) is 8.36. The normalized spacial score (nSPS) is 10.9. The average molecular weight is 304 g/mol. The summed E-state index contributed by atoms with van der Waals surface area (Å²) < 4.78 is 1.24. The summed E-state index contributed by atoms with van der Waals surface area (Å²) in [5.74, 6) is 0. The predicted octanol–water partition coefficient (Wildman–Crippen LogP) is 4.86. The van der Waals surface area contributed by atoms with Crippen molar-refractivity contribution < 1.29 is 0 Å². The summed E-state index contributed by atoms with van der Waals surface area (Å²) in [4.78, 5) is 4.65. The van der Waals surface area contributed by atoms with Gasteiger partial charge in [0.05, 0.1) is 10.2 Å². The molecule has 3 heteroatoms. The van der Waals surface area contributed by atoms with E-state index in [4.69, 9.17) is 0 Å². The van der Waals surface area contributed by atoms with Crippen LogP contribution in [0.1, 0.15) is 5.56 Å². The van der Waals surface area contributed by atoms with E-state index < -0.39 is 0 Å². The molecule has 0 unspecified atom stereocenters. The lowest BCUT2D eigenvalue weighted by Crippen LogP contribution is -1.78. The lowest BCUT2D eigenvalue weighted by atomic mass is 10.2. The third-order valence-electron chi connectivity index (χ3n) is 2.65. The molecular weight excluding hydrogens is 294 g/mol. The molecule has 1 aromatic heterocycles. The zero-order valence-electron chi connectivity index (χ0n) is 9.06. The number of benzene rings is 2. The molecule has 84 valence electrons. The van der Waals surface area contributed by atoms with Gasteiger partial charge >= 0.3 is 0 Å². The first kappa shape index (κ1) is 10.9. The van der Waals surface area contributed by atoms with Crippen molar-refractivity contribution in [2.45, 2.75) is 5.33 Å². The number of hydrogen-bond donors (Lipinski definition) is 0. The third kappa shape index (κ3) is 2.13. The number of alkyl halides is 1. The Morgan fingerprint density at radius 2 is 1.76 bits per heavy atom. The molecule has 0 aliphatic carbocycles. The van der Waals surface area contributed by atoms with Crippen molar-refractivity contribution in [2.24, 2.45) is 0 Å². The van der Waals surface area contributed by atoms with Crippen LogP contribution in [0.5, 0.6) is 0 Å². The average Bonchev–Trinajstić information content (AvgIpc) is 2.82. The number of rotatable bonds is 2. The molecular formula is C14H10BrNS. The third-order valence-corrected chi connectivity index (χ3v) is 4.38. The van der Waals surface area contributed by atoms with E-state index in [1.807, 2.05) is 6.07 Å². The smallest absolute Gasteiger partial charge is 0.124 e. The van der Waals surface area contributed by atoms with E-state index in [1.54, 1.807) is 11.3 Å². The highest BCUT2D eigenvalue weighted by atomic mass is 79.9. The summed E-state index contributed by atoms with van der Waals surface area (Å²) in [6.45, 7) is 0. The summed E-state index contributed by atoms with van der Waals surface area (Å²) in [5, 5.41) is 1.99. The molecule has 0 spiro atoms. The molecule has 0 aliphatic rings. The van der Waals surface area contributed by atoms with E-state index in [9.17, 15) is 0 Å². The van der Waals surface area contributed by atoms with Gasteiger partial charge in [-0.1, -0.05) is 52.3 Å². The lowest BCUT2D eigenvalue weighted by molar-refractivity contribution is 1.42. The Labute approximate surface area is 112 Å². The molecule has 0 amide bonds. The summed E-state index contributed by atoms with van der Waals surface area (Å²) in [6.07, 6.45) is 0. The van der Waals surface area contributed by atoms with E-state index in [0.29, 0.717) is 0 Å². The molecule has 2 aromatic carbocycles. The van der Waals surface area contributed by atoms with Gasteiger partial charge in [-0.15, -0.1) is 11.3 Å². The number of nitrogens with zero attached hydrogens (tertiary/aromatic N) is 1. The van der Waals surface area contributed by atoms with Crippen LogP contribution < -0.4 is 0 Å². The first-order valence-corrected chi connectivity index (χ1v) is 7.31. The molecule has 3 aromatic rings. The molecule has 0 radical (unpaired) electrons. The molecule has 0 N–H and O–H groups in total. The summed E-state index contributed by atoms with van der Waals surface area (Å²) in [5.41, 5.74) is 3.56. The highest BCUT2D eigenvalue weighted by molar-refractivity contribution is 9.08. The van der Waals surface area contributed by atoms with Gasteiger partial charge in [0.25, 0.3) is 0 Å². The number of thiazole rings is 1. The minimum Gasteiger partial charge on any atom is -0.236 e. The number of halogens is 1. The molecule has 1 heterocycles. The fourth-order valence-electron chi connectivity index (χ4n) is 1.73. The van der Waals surface area contributed by atoms with Crippen LogP contribution in [-0.4, -0.2) is 4.98 Å². The molecule has 0 aliphatic heterocycles. The number of aromatic nitrogens is 1. The second kappa shape index (κ2) is 4.59. The van der Waals surface area contributed by atoms with Gasteiger partial charge < -0.3 is 0 Å². The summed E-state index contributed by atoms with van der Waals surface area (Å²) >= 11 is 5.19. The quantitative estimate of drug-likeness (QED) is 0.616. The van der Waals surface area contributed by atoms with Crippen LogP contribution in [0.15, 0.2) is 48.5 Å². The Kier molecular flexibility index (Phi) is 2.95. The topological polar surface area (TPSA) is 12.9 Å². The number of fused-ring (bicyclic) bond motifs is 1. The van der Waals surface area contributed by atoms with Gasteiger partial charge in [0.1, 0.15) is 5.01 Å². The molecule has 0 saturated heterocycles. The highest BCUT2D eigenvalue weighted by Gasteiger charge is 2.05. The Morgan fingerprint density at radius 3 is 2.47 bits per heavy atom. The Hall–Kier alpha value is -1.19. The summed E-state index contributed by atoms with van der Waals surface area (Å²) in [7, 11) is 0. The van der Waals surface area contributed by atoms with Gasteiger partial charge in [-0.2, -0.15) is 0 Å². The minimum absolute atomic E-state index is 0.896.